The van der Waals surface area contributed by atoms with Gasteiger partial charge in [-0.15, -0.1) is 0 Å². The average molecular weight is 322 g/mol. The summed E-state index contributed by atoms with van der Waals surface area (Å²) in [6.07, 6.45) is 4.28. The van der Waals surface area contributed by atoms with Gasteiger partial charge in [-0.3, -0.25) is 0 Å². The number of aromatic nitrogens is 2. The molecule has 1 aliphatic carbocycles. The molecule has 1 saturated carbocycles. The second-order valence-corrected chi connectivity index (χ2v) is 8.95. The van der Waals surface area contributed by atoms with Crippen molar-refractivity contribution in [2.75, 3.05) is 31.5 Å². The van der Waals surface area contributed by atoms with E-state index in [1.165, 1.54) is 12.8 Å². The number of likely N-dealkylation sites (tertiary alicyclic amines) is 1. The Balaban J connectivity index is 1.65. The Kier molecular flexibility index (Phi) is 3.38. The normalized spacial score (nSPS) is 29.9. The molecule has 0 bridgehead atoms. The Morgan fingerprint density at radius 2 is 2.18 bits per heavy atom. The van der Waals surface area contributed by atoms with E-state index >= 15 is 0 Å². The van der Waals surface area contributed by atoms with Gasteiger partial charge in [0.15, 0.2) is 9.84 Å². The maximum absolute atomic E-state index is 12.5. The van der Waals surface area contributed by atoms with E-state index in [2.05, 4.69) is 27.1 Å². The molecular formula is C15H22N4O2S. The first-order valence-corrected chi connectivity index (χ1v) is 9.82. The number of anilines is 1. The second kappa shape index (κ2) is 5.16. The minimum atomic E-state index is -3.09. The minimum Gasteiger partial charge on any atom is -0.354 e. The third-order valence-corrected chi connectivity index (χ3v) is 7.22. The Labute approximate surface area is 131 Å². The van der Waals surface area contributed by atoms with E-state index in [0.717, 1.165) is 36.8 Å². The van der Waals surface area contributed by atoms with Gasteiger partial charge >= 0.3 is 0 Å². The van der Waals surface area contributed by atoms with E-state index in [9.17, 15) is 8.42 Å². The van der Waals surface area contributed by atoms with Gasteiger partial charge in [-0.05, 0) is 25.3 Å². The molecule has 120 valence electrons. The molecule has 6 nitrogen and oxygen atoms in total. The van der Waals surface area contributed by atoms with E-state index in [1.54, 1.807) is 6.20 Å². The molecule has 1 aromatic heterocycles. The van der Waals surface area contributed by atoms with Gasteiger partial charge in [-0.25, -0.2) is 18.4 Å². The van der Waals surface area contributed by atoms with Crippen molar-refractivity contribution in [2.45, 2.75) is 36.7 Å². The molecule has 0 aromatic carbocycles. The summed E-state index contributed by atoms with van der Waals surface area (Å²) in [4.78, 5) is 11.2. The van der Waals surface area contributed by atoms with Crippen LogP contribution in [0.15, 0.2) is 6.20 Å². The van der Waals surface area contributed by atoms with Crippen LogP contribution < -0.4 is 5.32 Å². The van der Waals surface area contributed by atoms with E-state index in [1.807, 2.05) is 0 Å². The highest BCUT2D eigenvalue weighted by molar-refractivity contribution is 7.91. The molecule has 7 heteroatoms. The lowest BCUT2D eigenvalue weighted by Crippen LogP contribution is -2.35. The van der Waals surface area contributed by atoms with Crippen LogP contribution >= 0.6 is 0 Å². The predicted octanol–water partition coefficient (Wildman–Crippen LogP) is 1.01. The molecular weight excluding hydrogens is 300 g/mol. The molecule has 1 saturated heterocycles. The second-order valence-electron chi connectivity index (χ2n) is 6.73. The van der Waals surface area contributed by atoms with Gasteiger partial charge in [0.05, 0.1) is 16.7 Å². The standard InChI is InChI=1S/C15H22N4O2S/c1-2-19-7-12-13(8-19)22(20,21)9-11-6-17-15(18-14(11)12)16-5-10-3-4-10/h6,10,12-13H,2-5,7-9H2,1H3,(H,16,17,18)/t12-,13+/m0/s1. The largest absolute Gasteiger partial charge is 0.354 e. The minimum absolute atomic E-state index is 0.00169. The van der Waals surface area contributed by atoms with Crippen molar-refractivity contribution in [3.8, 4) is 0 Å². The third-order valence-electron chi connectivity index (χ3n) is 5.10. The Morgan fingerprint density at radius 1 is 1.36 bits per heavy atom. The van der Waals surface area contributed by atoms with Crippen molar-refractivity contribution in [2.24, 2.45) is 5.92 Å². The van der Waals surface area contributed by atoms with Crippen LogP contribution in [0.5, 0.6) is 0 Å². The smallest absolute Gasteiger partial charge is 0.222 e. The first-order chi connectivity index (χ1) is 10.6. The molecule has 1 aromatic rings. The highest BCUT2D eigenvalue weighted by Gasteiger charge is 2.46. The highest BCUT2D eigenvalue weighted by atomic mass is 32.2. The summed E-state index contributed by atoms with van der Waals surface area (Å²) in [5, 5.41) is 3.00. The first-order valence-electron chi connectivity index (χ1n) is 8.10. The van der Waals surface area contributed by atoms with Crippen LogP contribution in [0.25, 0.3) is 0 Å². The maximum Gasteiger partial charge on any atom is 0.222 e. The number of hydrogen-bond donors (Lipinski definition) is 1. The SMILES string of the molecule is CCN1C[C@@H]2c3nc(NCC4CC4)ncc3CS(=O)(=O)[C@@H]2C1. The van der Waals surface area contributed by atoms with Crippen LogP contribution in [0, 0.1) is 5.92 Å². The molecule has 0 radical (unpaired) electrons. The number of sulfone groups is 1. The van der Waals surface area contributed by atoms with Crippen LogP contribution in [0.1, 0.15) is 36.9 Å². The van der Waals surface area contributed by atoms with Gasteiger partial charge in [-0.2, -0.15) is 0 Å². The zero-order valence-corrected chi connectivity index (χ0v) is 13.6. The summed E-state index contributed by atoms with van der Waals surface area (Å²) in [5.41, 5.74) is 1.74. The van der Waals surface area contributed by atoms with Crippen LogP contribution in [0.4, 0.5) is 5.95 Å². The van der Waals surface area contributed by atoms with Crippen molar-refractivity contribution in [3.63, 3.8) is 0 Å². The summed E-state index contributed by atoms with van der Waals surface area (Å²) < 4.78 is 25.0. The lowest BCUT2D eigenvalue weighted by molar-refractivity contribution is 0.353. The maximum atomic E-state index is 12.5. The van der Waals surface area contributed by atoms with Crippen LogP contribution in [-0.2, 0) is 15.6 Å². The topological polar surface area (TPSA) is 75.2 Å². The molecule has 2 atom stereocenters. The number of rotatable bonds is 4. The van der Waals surface area contributed by atoms with Gasteiger partial charge < -0.3 is 10.2 Å². The molecule has 22 heavy (non-hydrogen) atoms. The molecule has 1 N–H and O–H groups in total. The van der Waals surface area contributed by atoms with Gasteiger partial charge in [0.2, 0.25) is 5.95 Å². The number of likely N-dealkylation sites (N-methyl/N-ethyl adjacent to an activating group) is 1. The van der Waals surface area contributed by atoms with Crippen molar-refractivity contribution in [1.82, 2.24) is 14.9 Å². The number of hydrogen-bond acceptors (Lipinski definition) is 6. The van der Waals surface area contributed by atoms with E-state index in [-0.39, 0.29) is 16.9 Å². The fourth-order valence-corrected chi connectivity index (χ4v) is 5.58. The molecule has 0 unspecified atom stereocenters. The summed E-state index contributed by atoms with van der Waals surface area (Å²) in [6, 6.07) is 0. The lowest BCUT2D eigenvalue weighted by Gasteiger charge is -2.26. The summed E-state index contributed by atoms with van der Waals surface area (Å²) in [7, 11) is -3.09. The van der Waals surface area contributed by atoms with E-state index in [4.69, 9.17) is 0 Å². The van der Waals surface area contributed by atoms with Crippen LogP contribution in [-0.4, -0.2) is 54.7 Å². The van der Waals surface area contributed by atoms with Crippen molar-refractivity contribution >= 4 is 15.8 Å². The van der Waals surface area contributed by atoms with Crippen LogP contribution in [0.2, 0.25) is 0 Å². The molecule has 2 fully saturated rings. The molecule has 3 heterocycles. The van der Waals surface area contributed by atoms with Gasteiger partial charge in [0.25, 0.3) is 0 Å². The first kappa shape index (κ1) is 14.4. The van der Waals surface area contributed by atoms with Gasteiger partial charge in [0, 0.05) is 37.3 Å². The molecule has 0 spiro atoms. The van der Waals surface area contributed by atoms with Crippen molar-refractivity contribution < 1.29 is 8.42 Å². The van der Waals surface area contributed by atoms with Crippen molar-refractivity contribution in [3.05, 3.63) is 17.5 Å². The molecule has 0 amide bonds. The molecule has 4 rings (SSSR count). The Bertz CT molecular complexity index is 687. The summed E-state index contributed by atoms with van der Waals surface area (Å²) in [5.74, 6) is 1.50. The monoisotopic (exact) mass is 322 g/mol. The Hall–Kier alpha value is -1.21. The summed E-state index contributed by atoms with van der Waals surface area (Å²) in [6.45, 7) is 5.31. The quantitative estimate of drug-likeness (QED) is 0.892. The van der Waals surface area contributed by atoms with Gasteiger partial charge in [-0.1, -0.05) is 6.92 Å². The van der Waals surface area contributed by atoms with Crippen LogP contribution in [0.3, 0.4) is 0 Å². The predicted molar refractivity (Wildman–Crippen MR) is 84.5 cm³/mol. The molecule has 2 aliphatic heterocycles. The van der Waals surface area contributed by atoms with E-state index < -0.39 is 9.84 Å². The number of fused-ring (bicyclic) bond motifs is 3. The fourth-order valence-electron chi connectivity index (χ4n) is 3.56. The fraction of sp³-hybridized carbons (Fsp3) is 0.733. The highest BCUT2D eigenvalue weighted by Crippen LogP contribution is 2.39. The third kappa shape index (κ3) is 2.50. The number of nitrogens with one attached hydrogen (secondary N) is 1. The lowest BCUT2D eigenvalue weighted by atomic mass is 10.00. The molecule has 3 aliphatic rings. The summed E-state index contributed by atoms with van der Waals surface area (Å²) >= 11 is 0. The van der Waals surface area contributed by atoms with Gasteiger partial charge in [0.1, 0.15) is 0 Å². The van der Waals surface area contributed by atoms with E-state index in [0.29, 0.717) is 12.5 Å². The zero-order valence-electron chi connectivity index (χ0n) is 12.8. The Morgan fingerprint density at radius 3 is 2.91 bits per heavy atom. The van der Waals surface area contributed by atoms with Crippen molar-refractivity contribution in [1.29, 1.82) is 0 Å². The zero-order chi connectivity index (χ0) is 15.3. The average Bonchev–Trinajstić information content (AvgIpc) is 3.21. The number of nitrogens with zero attached hydrogens (tertiary/aromatic N) is 3.